The lowest BCUT2D eigenvalue weighted by molar-refractivity contribution is -0.115. The van der Waals surface area contributed by atoms with Gasteiger partial charge in [-0.1, -0.05) is 24.3 Å². The SMILES string of the molecule is C=CCNCC(=O)Nc1ccccc1CO. The number of carbonyl (C=O) groups excluding carboxylic acids is 1. The van der Waals surface area contributed by atoms with E-state index in [2.05, 4.69) is 17.2 Å². The highest BCUT2D eigenvalue weighted by Crippen LogP contribution is 2.14. The Labute approximate surface area is 95.0 Å². The molecule has 3 N–H and O–H groups in total. The van der Waals surface area contributed by atoms with Crippen molar-refractivity contribution in [2.24, 2.45) is 0 Å². The predicted molar refractivity (Wildman–Crippen MR) is 64.1 cm³/mol. The van der Waals surface area contributed by atoms with Gasteiger partial charge in [0.15, 0.2) is 0 Å². The molecule has 0 saturated carbocycles. The quantitative estimate of drug-likeness (QED) is 0.493. The number of benzene rings is 1. The Morgan fingerprint density at radius 1 is 1.44 bits per heavy atom. The fourth-order valence-electron chi connectivity index (χ4n) is 1.26. The summed E-state index contributed by atoms with van der Waals surface area (Å²) in [7, 11) is 0. The van der Waals surface area contributed by atoms with Crippen molar-refractivity contribution in [2.75, 3.05) is 18.4 Å². The van der Waals surface area contributed by atoms with E-state index >= 15 is 0 Å². The summed E-state index contributed by atoms with van der Waals surface area (Å²) in [6.07, 6.45) is 1.69. The maximum Gasteiger partial charge on any atom is 0.238 e. The van der Waals surface area contributed by atoms with Crippen molar-refractivity contribution < 1.29 is 9.90 Å². The lowest BCUT2D eigenvalue weighted by Gasteiger charge is -2.09. The molecule has 0 atom stereocenters. The van der Waals surface area contributed by atoms with E-state index in [-0.39, 0.29) is 19.1 Å². The summed E-state index contributed by atoms with van der Waals surface area (Å²) >= 11 is 0. The van der Waals surface area contributed by atoms with Gasteiger partial charge in [0.25, 0.3) is 0 Å². The van der Waals surface area contributed by atoms with Gasteiger partial charge in [-0.2, -0.15) is 0 Å². The molecule has 1 aromatic carbocycles. The minimum Gasteiger partial charge on any atom is -0.392 e. The van der Waals surface area contributed by atoms with Crippen molar-refractivity contribution in [2.45, 2.75) is 6.61 Å². The summed E-state index contributed by atoms with van der Waals surface area (Å²) in [5, 5.41) is 14.7. The molecule has 0 aliphatic heterocycles. The highest BCUT2D eigenvalue weighted by Gasteiger charge is 2.04. The number of anilines is 1. The minimum atomic E-state index is -0.136. The standard InChI is InChI=1S/C12H16N2O2/c1-2-7-13-8-12(16)14-11-6-4-3-5-10(11)9-15/h2-6,13,15H,1,7-9H2,(H,14,16). The first kappa shape index (κ1) is 12.4. The number of amides is 1. The van der Waals surface area contributed by atoms with Gasteiger partial charge in [0.1, 0.15) is 0 Å². The summed E-state index contributed by atoms with van der Waals surface area (Å²) < 4.78 is 0. The molecule has 0 bridgehead atoms. The Balaban J connectivity index is 2.52. The molecule has 0 heterocycles. The van der Waals surface area contributed by atoms with E-state index in [4.69, 9.17) is 5.11 Å². The number of aliphatic hydroxyl groups is 1. The second-order valence-corrected chi connectivity index (χ2v) is 3.28. The van der Waals surface area contributed by atoms with Gasteiger partial charge in [0.05, 0.1) is 13.2 Å². The van der Waals surface area contributed by atoms with Crippen LogP contribution in [0.15, 0.2) is 36.9 Å². The van der Waals surface area contributed by atoms with Gasteiger partial charge >= 0.3 is 0 Å². The molecule has 0 saturated heterocycles. The van der Waals surface area contributed by atoms with Crippen LogP contribution in [0.4, 0.5) is 5.69 Å². The fraction of sp³-hybridized carbons (Fsp3) is 0.250. The molecule has 1 aromatic rings. The molecule has 0 aliphatic carbocycles. The molecule has 1 amide bonds. The van der Waals surface area contributed by atoms with Gasteiger partial charge < -0.3 is 15.7 Å². The zero-order valence-electron chi connectivity index (χ0n) is 9.07. The molecule has 0 radical (unpaired) electrons. The van der Waals surface area contributed by atoms with E-state index in [1.807, 2.05) is 12.1 Å². The van der Waals surface area contributed by atoms with Gasteiger partial charge in [-0.25, -0.2) is 0 Å². The Bertz CT molecular complexity index is 364. The second kappa shape index (κ2) is 6.76. The maximum absolute atomic E-state index is 11.5. The highest BCUT2D eigenvalue weighted by molar-refractivity contribution is 5.92. The molecule has 16 heavy (non-hydrogen) atoms. The van der Waals surface area contributed by atoms with E-state index in [0.29, 0.717) is 17.8 Å². The second-order valence-electron chi connectivity index (χ2n) is 3.28. The van der Waals surface area contributed by atoms with Crippen molar-refractivity contribution in [3.05, 3.63) is 42.5 Å². The normalized spacial score (nSPS) is 9.81. The van der Waals surface area contributed by atoms with E-state index in [1.165, 1.54) is 0 Å². The van der Waals surface area contributed by atoms with Crippen LogP contribution in [-0.4, -0.2) is 24.1 Å². The summed E-state index contributed by atoms with van der Waals surface area (Å²) in [5.41, 5.74) is 1.36. The molecule has 0 aromatic heterocycles. The third-order valence-electron chi connectivity index (χ3n) is 2.04. The zero-order valence-corrected chi connectivity index (χ0v) is 9.07. The van der Waals surface area contributed by atoms with E-state index in [9.17, 15) is 4.79 Å². The van der Waals surface area contributed by atoms with Gasteiger partial charge in [-0.05, 0) is 6.07 Å². The summed E-state index contributed by atoms with van der Waals surface area (Å²) in [6.45, 7) is 4.28. The number of aliphatic hydroxyl groups excluding tert-OH is 1. The lowest BCUT2D eigenvalue weighted by atomic mass is 10.2. The number of hydrogen-bond acceptors (Lipinski definition) is 3. The Morgan fingerprint density at radius 3 is 2.88 bits per heavy atom. The third-order valence-corrected chi connectivity index (χ3v) is 2.04. The number of nitrogens with one attached hydrogen (secondary N) is 2. The molecule has 0 aliphatic rings. The van der Waals surface area contributed by atoms with Crippen molar-refractivity contribution in [1.29, 1.82) is 0 Å². The van der Waals surface area contributed by atoms with Crippen LogP contribution in [0.2, 0.25) is 0 Å². The Kier molecular flexibility index (Phi) is 5.25. The third kappa shape index (κ3) is 3.84. The number of para-hydroxylation sites is 1. The van der Waals surface area contributed by atoms with Gasteiger partial charge in [-0.15, -0.1) is 6.58 Å². The molecular weight excluding hydrogens is 204 g/mol. The van der Waals surface area contributed by atoms with Crippen LogP contribution in [0.25, 0.3) is 0 Å². The average molecular weight is 220 g/mol. The average Bonchev–Trinajstić information content (AvgIpc) is 2.30. The molecule has 0 unspecified atom stereocenters. The Morgan fingerprint density at radius 2 is 2.19 bits per heavy atom. The minimum absolute atomic E-state index is 0.0868. The van der Waals surface area contributed by atoms with Crippen molar-refractivity contribution in [3.8, 4) is 0 Å². The van der Waals surface area contributed by atoms with Crippen LogP contribution in [-0.2, 0) is 11.4 Å². The van der Waals surface area contributed by atoms with Crippen LogP contribution in [0, 0.1) is 0 Å². The van der Waals surface area contributed by atoms with Crippen LogP contribution in [0.1, 0.15) is 5.56 Å². The highest BCUT2D eigenvalue weighted by atomic mass is 16.3. The number of rotatable bonds is 6. The molecule has 86 valence electrons. The Hall–Kier alpha value is -1.65. The first-order valence-electron chi connectivity index (χ1n) is 5.08. The zero-order chi connectivity index (χ0) is 11.8. The molecular formula is C12H16N2O2. The summed E-state index contributed by atoms with van der Waals surface area (Å²) in [6, 6.07) is 7.16. The number of carbonyl (C=O) groups is 1. The molecule has 4 heteroatoms. The van der Waals surface area contributed by atoms with Crippen LogP contribution in [0.3, 0.4) is 0 Å². The topological polar surface area (TPSA) is 61.4 Å². The van der Waals surface area contributed by atoms with Crippen molar-refractivity contribution in [1.82, 2.24) is 5.32 Å². The van der Waals surface area contributed by atoms with Crippen LogP contribution in [0.5, 0.6) is 0 Å². The maximum atomic E-state index is 11.5. The van der Waals surface area contributed by atoms with Crippen molar-refractivity contribution >= 4 is 11.6 Å². The first-order chi connectivity index (χ1) is 7.77. The molecule has 4 nitrogen and oxygen atoms in total. The lowest BCUT2D eigenvalue weighted by Crippen LogP contribution is -2.28. The first-order valence-corrected chi connectivity index (χ1v) is 5.08. The largest absolute Gasteiger partial charge is 0.392 e. The summed E-state index contributed by atoms with van der Waals surface area (Å²) in [4.78, 5) is 11.5. The summed E-state index contributed by atoms with van der Waals surface area (Å²) in [5.74, 6) is -0.136. The smallest absolute Gasteiger partial charge is 0.238 e. The van der Waals surface area contributed by atoms with Gasteiger partial charge in [-0.3, -0.25) is 4.79 Å². The molecule has 0 fully saturated rings. The van der Waals surface area contributed by atoms with Crippen LogP contribution >= 0.6 is 0 Å². The van der Waals surface area contributed by atoms with E-state index in [1.54, 1.807) is 18.2 Å². The molecule has 1 rings (SSSR count). The molecule has 0 spiro atoms. The fourth-order valence-corrected chi connectivity index (χ4v) is 1.26. The van der Waals surface area contributed by atoms with Crippen molar-refractivity contribution in [3.63, 3.8) is 0 Å². The predicted octanol–water partition coefficient (Wildman–Crippen LogP) is 0.893. The van der Waals surface area contributed by atoms with E-state index < -0.39 is 0 Å². The number of hydrogen-bond donors (Lipinski definition) is 3. The monoisotopic (exact) mass is 220 g/mol. The van der Waals surface area contributed by atoms with Gasteiger partial charge in [0.2, 0.25) is 5.91 Å². The van der Waals surface area contributed by atoms with Crippen LogP contribution < -0.4 is 10.6 Å². The van der Waals surface area contributed by atoms with Gasteiger partial charge in [0, 0.05) is 17.8 Å². The van der Waals surface area contributed by atoms with E-state index in [0.717, 1.165) is 0 Å².